The van der Waals surface area contributed by atoms with Crippen molar-refractivity contribution in [2.24, 2.45) is 0 Å². The Balaban J connectivity index is 2.01. The molecule has 0 radical (unpaired) electrons. The van der Waals surface area contributed by atoms with E-state index in [0.29, 0.717) is 25.9 Å². The van der Waals surface area contributed by atoms with Crippen molar-refractivity contribution < 1.29 is 17.9 Å². The molecule has 136 valence electrons. The third-order valence-corrected chi connectivity index (χ3v) is 5.85. The molecule has 0 bridgehead atoms. The van der Waals surface area contributed by atoms with Gasteiger partial charge in [-0.05, 0) is 49.2 Å². The average molecular weight is 365 g/mol. The standard InChI is InChI=1S/C19H24FNO3S/c1-2-18(22)15-21(17-7-4-3-5-8-17)13-6-14-25(23,24)19-11-9-16(20)10-12-19/h3-5,7-12,18,22H,2,6,13-15H2,1H3. The molecule has 2 aromatic rings. The second-order valence-corrected chi connectivity index (χ2v) is 8.08. The molecule has 6 heteroatoms. The van der Waals surface area contributed by atoms with Gasteiger partial charge in [-0.2, -0.15) is 0 Å². The Hall–Kier alpha value is -1.92. The third kappa shape index (κ3) is 5.83. The van der Waals surface area contributed by atoms with Crippen LogP contribution in [-0.4, -0.2) is 38.5 Å². The lowest BCUT2D eigenvalue weighted by molar-refractivity contribution is 0.175. The van der Waals surface area contributed by atoms with Crippen molar-refractivity contribution in [2.45, 2.75) is 30.8 Å². The largest absolute Gasteiger partial charge is 0.391 e. The van der Waals surface area contributed by atoms with Crippen LogP contribution in [0.4, 0.5) is 10.1 Å². The van der Waals surface area contributed by atoms with Crippen molar-refractivity contribution >= 4 is 15.5 Å². The van der Waals surface area contributed by atoms with Gasteiger partial charge in [0.05, 0.1) is 16.8 Å². The summed E-state index contributed by atoms with van der Waals surface area (Å²) in [7, 11) is -3.44. The molecule has 2 aromatic carbocycles. The maximum Gasteiger partial charge on any atom is 0.178 e. The summed E-state index contributed by atoms with van der Waals surface area (Å²) in [6, 6.07) is 14.5. The number of aliphatic hydroxyl groups excluding tert-OH is 1. The fraction of sp³-hybridized carbons (Fsp3) is 0.368. The summed E-state index contributed by atoms with van der Waals surface area (Å²) in [5, 5.41) is 9.96. The number of anilines is 1. The number of benzene rings is 2. The first-order chi connectivity index (χ1) is 11.9. The van der Waals surface area contributed by atoms with E-state index in [-0.39, 0.29) is 10.6 Å². The minimum Gasteiger partial charge on any atom is -0.391 e. The summed E-state index contributed by atoms with van der Waals surface area (Å²) in [4.78, 5) is 2.13. The number of hydrogen-bond acceptors (Lipinski definition) is 4. The van der Waals surface area contributed by atoms with E-state index in [2.05, 4.69) is 0 Å². The van der Waals surface area contributed by atoms with Gasteiger partial charge in [0.15, 0.2) is 9.84 Å². The normalized spacial score (nSPS) is 12.8. The molecule has 0 aliphatic carbocycles. The Bertz CT molecular complexity index is 748. The van der Waals surface area contributed by atoms with Crippen LogP contribution in [0.5, 0.6) is 0 Å². The lowest BCUT2D eigenvalue weighted by Gasteiger charge is -2.27. The zero-order valence-electron chi connectivity index (χ0n) is 14.3. The van der Waals surface area contributed by atoms with Gasteiger partial charge < -0.3 is 10.0 Å². The van der Waals surface area contributed by atoms with Gasteiger partial charge in [-0.25, -0.2) is 12.8 Å². The minimum absolute atomic E-state index is 0.0236. The van der Waals surface area contributed by atoms with E-state index < -0.39 is 21.8 Å². The lowest BCUT2D eigenvalue weighted by atomic mass is 10.2. The average Bonchev–Trinajstić information content (AvgIpc) is 2.61. The molecule has 0 spiro atoms. The molecule has 25 heavy (non-hydrogen) atoms. The first-order valence-corrected chi connectivity index (χ1v) is 10.0. The van der Waals surface area contributed by atoms with E-state index in [1.54, 1.807) is 0 Å². The van der Waals surface area contributed by atoms with E-state index >= 15 is 0 Å². The molecule has 1 unspecified atom stereocenters. The molecule has 0 saturated heterocycles. The summed E-state index contributed by atoms with van der Waals surface area (Å²) >= 11 is 0. The molecular weight excluding hydrogens is 341 g/mol. The summed E-state index contributed by atoms with van der Waals surface area (Å²) < 4.78 is 37.6. The van der Waals surface area contributed by atoms with Crippen LogP contribution in [0.3, 0.4) is 0 Å². The predicted octanol–water partition coefficient (Wildman–Crippen LogP) is 3.27. The Morgan fingerprint density at radius 3 is 2.32 bits per heavy atom. The Morgan fingerprint density at radius 1 is 1.08 bits per heavy atom. The first kappa shape index (κ1) is 19.4. The summed E-state index contributed by atoms with van der Waals surface area (Å²) in [5.41, 5.74) is 0.953. The molecular formula is C19H24FNO3S. The van der Waals surface area contributed by atoms with Crippen molar-refractivity contribution in [1.29, 1.82) is 0 Å². The van der Waals surface area contributed by atoms with E-state index in [1.807, 2.05) is 42.2 Å². The first-order valence-electron chi connectivity index (χ1n) is 8.39. The van der Waals surface area contributed by atoms with Crippen LogP contribution in [0.15, 0.2) is 59.5 Å². The van der Waals surface area contributed by atoms with Gasteiger partial charge in [0.1, 0.15) is 5.82 Å². The molecule has 1 atom stereocenters. The molecule has 0 saturated carbocycles. The Morgan fingerprint density at radius 2 is 1.72 bits per heavy atom. The van der Waals surface area contributed by atoms with Crippen molar-refractivity contribution in [1.82, 2.24) is 0 Å². The van der Waals surface area contributed by atoms with Gasteiger partial charge in [-0.1, -0.05) is 25.1 Å². The number of rotatable bonds is 9. The number of para-hydroxylation sites is 1. The number of aliphatic hydroxyl groups is 1. The van der Waals surface area contributed by atoms with Crippen LogP contribution < -0.4 is 4.90 Å². The lowest BCUT2D eigenvalue weighted by Crippen LogP contribution is -2.33. The highest BCUT2D eigenvalue weighted by Crippen LogP contribution is 2.17. The van der Waals surface area contributed by atoms with Crippen LogP contribution in [0.1, 0.15) is 19.8 Å². The van der Waals surface area contributed by atoms with Crippen molar-refractivity contribution in [2.75, 3.05) is 23.7 Å². The van der Waals surface area contributed by atoms with E-state index in [4.69, 9.17) is 0 Å². The van der Waals surface area contributed by atoms with Gasteiger partial charge in [-0.15, -0.1) is 0 Å². The summed E-state index contributed by atoms with van der Waals surface area (Å²) in [5.74, 6) is -0.479. The van der Waals surface area contributed by atoms with Crippen LogP contribution >= 0.6 is 0 Å². The zero-order chi connectivity index (χ0) is 18.3. The minimum atomic E-state index is -3.44. The quantitative estimate of drug-likeness (QED) is 0.693. The highest BCUT2D eigenvalue weighted by Gasteiger charge is 2.16. The molecule has 0 aliphatic rings. The Labute approximate surface area is 148 Å². The molecule has 0 heterocycles. The fourth-order valence-corrected chi connectivity index (χ4v) is 3.85. The second kappa shape index (κ2) is 8.97. The topological polar surface area (TPSA) is 57.6 Å². The van der Waals surface area contributed by atoms with Crippen LogP contribution in [0.25, 0.3) is 0 Å². The van der Waals surface area contributed by atoms with E-state index in [0.717, 1.165) is 17.8 Å². The van der Waals surface area contributed by atoms with Gasteiger partial charge in [0.2, 0.25) is 0 Å². The molecule has 0 amide bonds. The third-order valence-electron chi connectivity index (χ3n) is 4.04. The zero-order valence-corrected chi connectivity index (χ0v) is 15.1. The fourth-order valence-electron chi connectivity index (χ4n) is 2.55. The maximum absolute atomic E-state index is 13.0. The molecule has 4 nitrogen and oxygen atoms in total. The number of sulfone groups is 1. The molecule has 1 N–H and O–H groups in total. The van der Waals surface area contributed by atoms with Gasteiger partial charge in [0, 0.05) is 18.8 Å². The summed E-state index contributed by atoms with van der Waals surface area (Å²) in [6.45, 7) is 2.88. The van der Waals surface area contributed by atoms with E-state index in [1.165, 1.54) is 12.1 Å². The van der Waals surface area contributed by atoms with Gasteiger partial charge >= 0.3 is 0 Å². The van der Waals surface area contributed by atoms with Crippen LogP contribution in [0.2, 0.25) is 0 Å². The molecule has 2 rings (SSSR count). The smallest absolute Gasteiger partial charge is 0.178 e. The summed E-state index contributed by atoms with van der Waals surface area (Å²) in [6.07, 6.45) is 0.594. The monoisotopic (exact) mass is 365 g/mol. The highest BCUT2D eigenvalue weighted by molar-refractivity contribution is 7.91. The van der Waals surface area contributed by atoms with Gasteiger partial charge in [-0.3, -0.25) is 0 Å². The number of halogens is 1. The number of nitrogens with zero attached hydrogens (tertiary/aromatic N) is 1. The maximum atomic E-state index is 13.0. The molecule has 0 aliphatic heterocycles. The van der Waals surface area contributed by atoms with Crippen molar-refractivity contribution in [3.05, 3.63) is 60.4 Å². The number of hydrogen-bond donors (Lipinski definition) is 1. The predicted molar refractivity (Wildman–Crippen MR) is 98.0 cm³/mol. The van der Waals surface area contributed by atoms with Crippen molar-refractivity contribution in [3.63, 3.8) is 0 Å². The van der Waals surface area contributed by atoms with Crippen LogP contribution in [-0.2, 0) is 9.84 Å². The molecule has 0 fully saturated rings. The molecule has 0 aromatic heterocycles. The second-order valence-electron chi connectivity index (χ2n) is 5.97. The van der Waals surface area contributed by atoms with Crippen molar-refractivity contribution in [3.8, 4) is 0 Å². The van der Waals surface area contributed by atoms with E-state index in [9.17, 15) is 17.9 Å². The van der Waals surface area contributed by atoms with Gasteiger partial charge in [0.25, 0.3) is 0 Å². The Kier molecular flexibility index (Phi) is 6.96. The van der Waals surface area contributed by atoms with Crippen LogP contribution in [0, 0.1) is 5.82 Å². The SMILES string of the molecule is CCC(O)CN(CCCS(=O)(=O)c1ccc(F)cc1)c1ccccc1. The highest BCUT2D eigenvalue weighted by atomic mass is 32.2.